The largest absolute Gasteiger partial charge is 0.493 e. The number of carbonyl (C=O) groups excluding carboxylic acids is 1. The molecule has 0 radical (unpaired) electrons. The van der Waals surface area contributed by atoms with Crippen molar-refractivity contribution >= 4 is 15.7 Å². The van der Waals surface area contributed by atoms with Crippen LogP contribution in [0.15, 0.2) is 23.1 Å². The maximum atomic E-state index is 12.4. The molecule has 0 saturated carbocycles. The first-order chi connectivity index (χ1) is 11.7. The number of ether oxygens (including phenoxy) is 2. The molecule has 1 amide bonds. The average Bonchev–Trinajstić information content (AvgIpc) is 2.63. The minimum atomic E-state index is -3.61. The Bertz CT molecular complexity index is 684. The highest BCUT2D eigenvalue weighted by Crippen LogP contribution is 2.29. The lowest BCUT2D eigenvalue weighted by Crippen LogP contribution is -2.49. The molecule has 1 aromatic carbocycles. The molecule has 8 heteroatoms. The van der Waals surface area contributed by atoms with Gasteiger partial charge in [0.2, 0.25) is 5.91 Å². The Balaban J connectivity index is 2.71. The van der Waals surface area contributed by atoms with Gasteiger partial charge >= 0.3 is 0 Å². The summed E-state index contributed by atoms with van der Waals surface area (Å²) in [6.07, 6.45) is 1.33. The minimum absolute atomic E-state index is 0.0910. The van der Waals surface area contributed by atoms with E-state index >= 15 is 0 Å². The van der Waals surface area contributed by atoms with E-state index in [2.05, 4.69) is 5.32 Å². The highest BCUT2D eigenvalue weighted by Gasteiger charge is 2.22. The van der Waals surface area contributed by atoms with Crippen LogP contribution in [0.1, 0.15) is 33.1 Å². The molecular weight excluding hydrogens is 344 g/mol. The molecular formula is C17H28N2O5S. The number of carbonyl (C=O) groups is 1. The maximum absolute atomic E-state index is 12.4. The molecule has 0 aliphatic heterocycles. The van der Waals surface area contributed by atoms with Gasteiger partial charge in [-0.3, -0.25) is 4.79 Å². The summed E-state index contributed by atoms with van der Waals surface area (Å²) in [5.74, 6) is 0.148. The lowest BCUT2D eigenvalue weighted by atomic mass is 9.94. The van der Waals surface area contributed by atoms with Crippen LogP contribution in [-0.2, 0) is 14.6 Å². The van der Waals surface area contributed by atoms with Crippen molar-refractivity contribution < 1.29 is 22.7 Å². The zero-order valence-corrected chi connectivity index (χ0v) is 16.1. The highest BCUT2D eigenvalue weighted by atomic mass is 32.2. The maximum Gasteiger partial charge on any atom is 0.221 e. The Labute approximate surface area is 149 Å². The van der Waals surface area contributed by atoms with E-state index < -0.39 is 15.4 Å². The van der Waals surface area contributed by atoms with Crippen molar-refractivity contribution in [3.8, 4) is 11.5 Å². The monoisotopic (exact) mass is 372 g/mol. The van der Waals surface area contributed by atoms with Gasteiger partial charge in [-0.15, -0.1) is 0 Å². The number of sulfone groups is 1. The lowest BCUT2D eigenvalue weighted by molar-refractivity contribution is -0.121. The summed E-state index contributed by atoms with van der Waals surface area (Å²) in [4.78, 5) is 12.0. The van der Waals surface area contributed by atoms with Crippen LogP contribution < -0.4 is 20.5 Å². The van der Waals surface area contributed by atoms with Gasteiger partial charge < -0.3 is 20.5 Å². The fourth-order valence-electron chi connectivity index (χ4n) is 2.22. The molecule has 0 spiro atoms. The standard InChI is InChI=1S/C17H28N2O5S/c1-5-17(18,6-2)12-19-16(20)9-10-25(21,22)13-7-8-14(23-3)15(11-13)24-4/h7-8,11H,5-6,9-10,12,18H2,1-4H3,(H,19,20). The summed E-state index contributed by atoms with van der Waals surface area (Å²) < 4.78 is 35.0. The number of nitrogens with two attached hydrogens (primary N) is 1. The SMILES string of the molecule is CCC(N)(CC)CNC(=O)CCS(=O)(=O)c1ccc(OC)c(OC)c1. The number of hydrogen-bond acceptors (Lipinski definition) is 6. The molecule has 142 valence electrons. The van der Waals surface area contributed by atoms with Crippen LogP contribution in [0.2, 0.25) is 0 Å². The minimum Gasteiger partial charge on any atom is -0.493 e. The first-order valence-corrected chi connectivity index (χ1v) is 9.87. The summed E-state index contributed by atoms with van der Waals surface area (Å²) in [7, 11) is -0.700. The fourth-order valence-corrected chi connectivity index (χ4v) is 3.47. The van der Waals surface area contributed by atoms with Crippen LogP contribution in [0.4, 0.5) is 0 Å². The molecule has 25 heavy (non-hydrogen) atoms. The first-order valence-electron chi connectivity index (χ1n) is 8.21. The zero-order valence-electron chi connectivity index (χ0n) is 15.3. The molecule has 1 rings (SSSR count). The third kappa shape index (κ3) is 5.89. The van der Waals surface area contributed by atoms with Crippen molar-refractivity contribution in [3.05, 3.63) is 18.2 Å². The van der Waals surface area contributed by atoms with Crippen molar-refractivity contribution in [2.75, 3.05) is 26.5 Å². The van der Waals surface area contributed by atoms with E-state index in [1.807, 2.05) is 13.8 Å². The molecule has 0 bridgehead atoms. The number of hydrogen-bond donors (Lipinski definition) is 2. The van der Waals surface area contributed by atoms with E-state index in [1.54, 1.807) is 0 Å². The second-order valence-corrected chi connectivity index (χ2v) is 8.04. The van der Waals surface area contributed by atoms with Crippen LogP contribution >= 0.6 is 0 Å². The van der Waals surface area contributed by atoms with Crippen molar-refractivity contribution in [2.45, 2.75) is 43.5 Å². The molecule has 0 aliphatic rings. The molecule has 0 fully saturated rings. The quantitative estimate of drug-likeness (QED) is 0.644. The van der Waals surface area contributed by atoms with Gasteiger partial charge in [0, 0.05) is 24.6 Å². The van der Waals surface area contributed by atoms with E-state index in [4.69, 9.17) is 15.2 Å². The Morgan fingerprint density at radius 1 is 1.16 bits per heavy atom. The van der Waals surface area contributed by atoms with Gasteiger partial charge in [0.15, 0.2) is 21.3 Å². The Hall–Kier alpha value is -1.80. The number of rotatable bonds is 10. The third-order valence-electron chi connectivity index (χ3n) is 4.36. The summed E-state index contributed by atoms with van der Waals surface area (Å²) >= 11 is 0. The van der Waals surface area contributed by atoms with Gasteiger partial charge in [0.05, 0.1) is 24.9 Å². The molecule has 3 N–H and O–H groups in total. The van der Waals surface area contributed by atoms with Crippen molar-refractivity contribution in [2.24, 2.45) is 5.73 Å². The molecule has 7 nitrogen and oxygen atoms in total. The normalized spacial score (nSPS) is 11.9. The Kier molecular flexibility index (Phi) is 7.69. The molecule has 0 unspecified atom stereocenters. The Morgan fingerprint density at radius 2 is 1.76 bits per heavy atom. The lowest BCUT2D eigenvalue weighted by Gasteiger charge is -2.26. The summed E-state index contributed by atoms with van der Waals surface area (Å²) in [6.45, 7) is 4.24. The van der Waals surface area contributed by atoms with Crippen LogP contribution in [0.3, 0.4) is 0 Å². The second kappa shape index (κ2) is 9.05. The van der Waals surface area contributed by atoms with Crippen LogP contribution in [0.25, 0.3) is 0 Å². The first kappa shape index (κ1) is 21.2. The van der Waals surface area contributed by atoms with Gasteiger partial charge in [-0.2, -0.15) is 0 Å². The third-order valence-corrected chi connectivity index (χ3v) is 6.07. The van der Waals surface area contributed by atoms with Crippen LogP contribution in [0, 0.1) is 0 Å². The number of benzene rings is 1. The van der Waals surface area contributed by atoms with Gasteiger partial charge in [-0.1, -0.05) is 13.8 Å². The highest BCUT2D eigenvalue weighted by molar-refractivity contribution is 7.91. The Morgan fingerprint density at radius 3 is 2.28 bits per heavy atom. The predicted molar refractivity (Wildman–Crippen MR) is 96.7 cm³/mol. The van der Waals surface area contributed by atoms with Gasteiger partial charge in [0.1, 0.15) is 0 Å². The zero-order chi connectivity index (χ0) is 19.1. The molecule has 0 heterocycles. The van der Waals surface area contributed by atoms with E-state index in [9.17, 15) is 13.2 Å². The summed E-state index contributed by atoms with van der Waals surface area (Å²) in [5, 5.41) is 2.72. The van der Waals surface area contributed by atoms with Gasteiger partial charge in [-0.05, 0) is 25.0 Å². The van der Waals surface area contributed by atoms with Crippen LogP contribution in [0.5, 0.6) is 11.5 Å². The van der Waals surface area contributed by atoms with Crippen molar-refractivity contribution in [3.63, 3.8) is 0 Å². The van der Waals surface area contributed by atoms with Crippen LogP contribution in [-0.4, -0.2) is 46.4 Å². The molecule has 0 aromatic heterocycles. The second-order valence-electron chi connectivity index (χ2n) is 5.93. The van der Waals surface area contributed by atoms with Gasteiger partial charge in [0.25, 0.3) is 0 Å². The van der Waals surface area contributed by atoms with E-state index in [-0.39, 0.29) is 23.0 Å². The predicted octanol–water partition coefficient (Wildman–Crippen LogP) is 1.50. The van der Waals surface area contributed by atoms with Crippen molar-refractivity contribution in [1.29, 1.82) is 0 Å². The number of methoxy groups -OCH3 is 2. The summed E-state index contributed by atoms with van der Waals surface area (Å²) in [6, 6.07) is 4.36. The molecule has 0 aliphatic carbocycles. The molecule has 0 atom stereocenters. The fraction of sp³-hybridized carbons (Fsp3) is 0.588. The van der Waals surface area contributed by atoms with Gasteiger partial charge in [-0.25, -0.2) is 8.42 Å². The smallest absolute Gasteiger partial charge is 0.221 e. The molecule has 1 aromatic rings. The number of amides is 1. The topological polar surface area (TPSA) is 108 Å². The molecule has 0 saturated heterocycles. The van der Waals surface area contributed by atoms with Crippen molar-refractivity contribution in [1.82, 2.24) is 5.32 Å². The van der Waals surface area contributed by atoms with E-state index in [0.717, 1.165) is 12.8 Å². The summed E-state index contributed by atoms with van der Waals surface area (Å²) in [5.41, 5.74) is 5.66. The van der Waals surface area contributed by atoms with E-state index in [0.29, 0.717) is 18.0 Å². The van der Waals surface area contributed by atoms with E-state index in [1.165, 1.54) is 32.4 Å². The average molecular weight is 372 g/mol. The number of nitrogens with one attached hydrogen (secondary N) is 1.